The van der Waals surface area contributed by atoms with E-state index in [2.05, 4.69) is 20.7 Å². The molecule has 120 valence electrons. The summed E-state index contributed by atoms with van der Waals surface area (Å²) in [5, 5.41) is 1.23. The maximum absolute atomic E-state index is 12.0. The monoisotopic (exact) mass is 459 g/mol. The Hall–Kier alpha value is 0.240. The molecule has 0 aliphatic carbocycles. The van der Waals surface area contributed by atoms with Gasteiger partial charge < -0.3 is 0 Å². The molecular weight excluding hydrogens is 449 g/mol. The summed E-state index contributed by atoms with van der Waals surface area (Å²) in [6.45, 7) is 0.369. The summed E-state index contributed by atoms with van der Waals surface area (Å²) in [5.41, 5.74) is 0.987. The molecule has 3 nitrogen and oxygen atoms in total. The number of hydrogen-bond donors (Lipinski definition) is 1. The van der Waals surface area contributed by atoms with Gasteiger partial charge >= 0.3 is 0 Å². The molecule has 9 heteroatoms. The third kappa shape index (κ3) is 5.40. The van der Waals surface area contributed by atoms with Crippen LogP contribution in [0.1, 0.15) is 5.56 Å². The van der Waals surface area contributed by atoms with Crippen LogP contribution in [-0.2, 0) is 15.8 Å². The van der Waals surface area contributed by atoms with Gasteiger partial charge in [0, 0.05) is 28.1 Å². The first-order valence-corrected chi connectivity index (χ1v) is 11.2. The molecule has 0 radical (unpaired) electrons. The Morgan fingerprint density at radius 3 is 2.64 bits per heavy atom. The molecule has 0 aliphatic heterocycles. The SMILES string of the molecule is O=S(=O)(NCCSCc1ccc(Cl)cc1Cl)c1ccc(Br)s1. The Bertz CT molecular complexity index is 749. The molecule has 0 fully saturated rings. The van der Waals surface area contributed by atoms with E-state index in [1.165, 1.54) is 11.3 Å². The molecule has 1 heterocycles. The number of thioether (sulfide) groups is 1. The van der Waals surface area contributed by atoms with Gasteiger partial charge in [0.25, 0.3) is 0 Å². The van der Waals surface area contributed by atoms with Crippen LogP contribution >= 0.6 is 62.2 Å². The third-order valence-electron chi connectivity index (χ3n) is 2.62. The summed E-state index contributed by atoms with van der Waals surface area (Å²) in [5.74, 6) is 1.37. The van der Waals surface area contributed by atoms with E-state index >= 15 is 0 Å². The highest BCUT2D eigenvalue weighted by Gasteiger charge is 2.15. The average molecular weight is 461 g/mol. The highest BCUT2D eigenvalue weighted by Crippen LogP contribution is 2.26. The summed E-state index contributed by atoms with van der Waals surface area (Å²) in [4.78, 5) is 0. The molecule has 1 aromatic heterocycles. The lowest BCUT2D eigenvalue weighted by molar-refractivity contribution is 0.586. The van der Waals surface area contributed by atoms with Crippen LogP contribution in [0.3, 0.4) is 0 Å². The minimum atomic E-state index is -3.42. The van der Waals surface area contributed by atoms with Gasteiger partial charge in [-0.3, -0.25) is 0 Å². The Kier molecular flexibility index (Phi) is 7.07. The van der Waals surface area contributed by atoms with Crippen molar-refractivity contribution in [3.05, 3.63) is 49.7 Å². The second-order valence-electron chi connectivity index (χ2n) is 4.24. The van der Waals surface area contributed by atoms with Crippen molar-refractivity contribution < 1.29 is 8.42 Å². The molecule has 2 rings (SSSR count). The molecule has 1 aromatic carbocycles. The van der Waals surface area contributed by atoms with Crippen molar-refractivity contribution >= 4 is 72.3 Å². The predicted molar refractivity (Wildman–Crippen MR) is 99.8 cm³/mol. The Labute approximate surface area is 156 Å². The third-order valence-corrected chi connectivity index (χ3v) is 7.80. The smallest absolute Gasteiger partial charge is 0.210 e. The maximum atomic E-state index is 12.0. The van der Waals surface area contributed by atoms with E-state index in [1.807, 2.05) is 6.07 Å². The van der Waals surface area contributed by atoms with E-state index in [4.69, 9.17) is 23.2 Å². The molecule has 22 heavy (non-hydrogen) atoms. The van der Waals surface area contributed by atoms with Crippen LogP contribution in [0.25, 0.3) is 0 Å². The summed E-state index contributed by atoms with van der Waals surface area (Å²) in [6.07, 6.45) is 0. The van der Waals surface area contributed by atoms with Crippen molar-refractivity contribution in [2.45, 2.75) is 9.96 Å². The summed E-state index contributed by atoms with van der Waals surface area (Å²) in [7, 11) is -3.42. The van der Waals surface area contributed by atoms with Gasteiger partial charge in [-0.05, 0) is 45.8 Å². The van der Waals surface area contributed by atoms with E-state index in [1.54, 1.807) is 36.0 Å². The molecular formula is C13H12BrCl2NO2S3. The largest absolute Gasteiger partial charge is 0.250 e. The molecule has 0 saturated carbocycles. The van der Waals surface area contributed by atoms with E-state index in [-0.39, 0.29) is 0 Å². The molecule has 0 unspecified atom stereocenters. The van der Waals surface area contributed by atoms with Crippen LogP contribution in [0.15, 0.2) is 38.3 Å². The lowest BCUT2D eigenvalue weighted by Gasteiger charge is -2.06. The topological polar surface area (TPSA) is 46.2 Å². The van der Waals surface area contributed by atoms with Crippen LogP contribution in [0.2, 0.25) is 10.0 Å². The van der Waals surface area contributed by atoms with Crippen molar-refractivity contribution in [1.82, 2.24) is 4.72 Å². The maximum Gasteiger partial charge on any atom is 0.250 e. The Morgan fingerprint density at radius 2 is 2.00 bits per heavy atom. The van der Waals surface area contributed by atoms with Gasteiger partial charge in [0.1, 0.15) is 4.21 Å². The van der Waals surface area contributed by atoms with Gasteiger partial charge in [0.15, 0.2) is 0 Å². The number of benzene rings is 1. The number of hydrogen-bond acceptors (Lipinski definition) is 4. The standard InChI is InChI=1S/C13H12BrCl2NO2S3/c14-12-3-4-13(21-12)22(18,19)17-5-6-20-8-9-1-2-10(15)7-11(9)16/h1-4,7,17H,5-6,8H2. The quantitative estimate of drug-likeness (QED) is 0.589. The highest BCUT2D eigenvalue weighted by atomic mass is 79.9. The molecule has 2 aromatic rings. The van der Waals surface area contributed by atoms with E-state index < -0.39 is 10.0 Å². The molecule has 1 N–H and O–H groups in total. The van der Waals surface area contributed by atoms with Crippen LogP contribution < -0.4 is 4.72 Å². The molecule has 0 bridgehead atoms. The first kappa shape index (κ1) is 18.6. The lowest BCUT2D eigenvalue weighted by atomic mass is 10.2. The normalized spacial score (nSPS) is 11.8. The predicted octanol–water partition coefficient (Wildman–Crippen LogP) is 5.03. The summed E-state index contributed by atoms with van der Waals surface area (Å²) < 4.78 is 27.7. The molecule has 0 spiro atoms. The fourth-order valence-electron chi connectivity index (χ4n) is 1.58. The molecule has 0 saturated heterocycles. The first-order valence-electron chi connectivity index (χ1n) is 6.15. The number of halogens is 3. The van der Waals surface area contributed by atoms with Crippen molar-refractivity contribution in [1.29, 1.82) is 0 Å². The fourth-order valence-corrected chi connectivity index (χ4v) is 6.21. The van der Waals surface area contributed by atoms with Gasteiger partial charge in [-0.2, -0.15) is 11.8 Å². The second kappa shape index (κ2) is 8.37. The van der Waals surface area contributed by atoms with Gasteiger partial charge in [-0.25, -0.2) is 13.1 Å². The Morgan fingerprint density at radius 1 is 1.23 bits per heavy atom. The average Bonchev–Trinajstić information content (AvgIpc) is 2.88. The van der Waals surface area contributed by atoms with Crippen LogP contribution in [0.5, 0.6) is 0 Å². The van der Waals surface area contributed by atoms with E-state index in [9.17, 15) is 8.42 Å². The zero-order valence-corrected chi connectivity index (χ0v) is 16.7. The molecule has 0 aliphatic rings. The van der Waals surface area contributed by atoms with Gasteiger partial charge in [-0.15, -0.1) is 11.3 Å². The summed E-state index contributed by atoms with van der Waals surface area (Å²) in [6, 6.07) is 8.68. The second-order valence-corrected chi connectivity index (χ2v) is 10.7. The minimum absolute atomic E-state index is 0.310. The number of sulfonamides is 1. The number of nitrogens with one attached hydrogen (secondary N) is 1. The number of rotatable bonds is 7. The minimum Gasteiger partial charge on any atom is -0.210 e. The van der Waals surface area contributed by atoms with E-state index in [0.29, 0.717) is 32.3 Å². The first-order chi connectivity index (χ1) is 10.4. The van der Waals surface area contributed by atoms with Crippen LogP contribution in [0.4, 0.5) is 0 Å². The summed E-state index contributed by atoms with van der Waals surface area (Å²) >= 11 is 18.0. The zero-order valence-electron chi connectivity index (χ0n) is 11.2. The lowest BCUT2D eigenvalue weighted by Crippen LogP contribution is -2.25. The van der Waals surface area contributed by atoms with Crippen molar-refractivity contribution in [3.8, 4) is 0 Å². The Balaban J connectivity index is 1.77. The molecule has 0 amide bonds. The fraction of sp³-hybridized carbons (Fsp3) is 0.231. The van der Waals surface area contributed by atoms with E-state index in [0.717, 1.165) is 9.35 Å². The zero-order chi connectivity index (χ0) is 16.2. The van der Waals surface area contributed by atoms with Crippen molar-refractivity contribution in [3.63, 3.8) is 0 Å². The van der Waals surface area contributed by atoms with Crippen LogP contribution in [-0.4, -0.2) is 20.7 Å². The van der Waals surface area contributed by atoms with Crippen molar-refractivity contribution in [2.75, 3.05) is 12.3 Å². The van der Waals surface area contributed by atoms with Gasteiger partial charge in [0.2, 0.25) is 10.0 Å². The van der Waals surface area contributed by atoms with Gasteiger partial charge in [-0.1, -0.05) is 29.3 Å². The van der Waals surface area contributed by atoms with Gasteiger partial charge in [0.05, 0.1) is 3.79 Å². The molecule has 0 atom stereocenters. The highest BCUT2D eigenvalue weighted by molar-refractivity contribution is 9.11. The van der Waals surface area contributed by atoms with Crippen molar-refractivity contribution in [2.24, 2.45) is 0 Å². The number of thiophene rings is 1. The van der Waals surface area contributed by atoms with Crippen LogP contribution in [0, 0.1) is 0 Å².